The van der Waals surface area contributed by atoms with E-state index in [0.29, 0.717) is 23.0 Å². The summed E-state index contributed by atoms with van der Waals surface area (Å²) in [6.07, 6.45) is 2.25. The van der Waals surface area contributed by atoms with Crippen LogP contribution in [0.4, 0.5) is 0 Å². The molecule has 0 aromatic heterocycles. The molecule has 114 valence electrons. The number of amides is 1. The van der Waals surface area contributed by atoms with Gasteiger partial charge in [0.2, 0.25) is 5.91 Å². The van der Waals surface area contributed by atoms with Crippen LogP contribution in [-0.2, 0) is 16.0 Å². The molecule has 21 heavy (non-hydrogen) atoms. The number of carboxylic acids is 1. The van der Waals surface area contributed by atoms with Gasteiger partial charge >= 0.3 is 5.97 Å². The van der Waals surface area contributed by atoms with Crippen molar-refractivity contribution >= 4 is 35.1 Å². The van der Waals surface area contributed by atoms with Crippen molar-refractivity contribution in [3.8, 4) is 0 Å². The second-order valence-corrected chi connectivity index (χ2v) is 6.32. The van der Waals surface area contributed by atoms with Gasteiger partial charge in [0, 0.05) is 6.54 Å². The number of likely N-dealkylation sites (tertiary alicyclic amines) is 1. The third-order valence-electron chi connectivity index (χ3n) is 3.99. The van der Waals surface area contributed by atoms with Crippen LogP contribution in [0.2, 0.25) is 10.0 Å². The Hall–Kier alpha value is -1.26. The van der Waals surface area contributed by atoms with E-state index in [1.54, 1.807) is 25.1 Å². The van der Waals surface area contributed by atoms with Crippen molar-refractivity contribution in [1.82, 2.24) is 4.90 Å². The molecule has 0 spiro atoms. The quantitative estimate of drug-likeness (QED) is 0.924. The molecule has 2 rings (SSSR count). The van der Waals surface area contributed by atoms with Crippen molar-refractivity contribution in [2.45, 2.75) is 38.1 Å². The fraction of sp³-hybridized carbons (Fsp3) is 0.467. The Labute approximate surface area is 133 Å². The highest BCUT2D eigenvalue weighted by atomic mass is 35.5. The van der Waals surface area contributed by atoms with Gasteiger partial charge in [0.25, 0.3) is 0 Å². The molecule has 1 aliphatic heterocycles. The van der Waals surface area contributed by atoms with E-state index in [-0.39, 0.29) is 12.3 Å². The van der Waals surface area contributed by atoms with E-state index in [4.69, 9.17) is 23.2 Å². The molecule has 1 atom stereocenters. The van der Waals surface area contributed by atoms with E-state index in [1.807, 2.05) is 0 Å². The molecule has 0 aliphatic carbocycles. The van der Waals surface area contributed by atoms with Crippen molar-refractivity contribution in [2.75, 3.05) is 6.54 Å². The predicted octanol–water partition coefficient (Wildman–Crippen LogP) is 3.39. The Morgan fingerprint density at radius 3 is 2.62 bits per heavy atom. The number of carboxylic acid groups (broad SMARTS) is 1. The first kappa shape index (κ1) is 16.1. The highest BCUT2D eigenvalue weighted by molar-refractivity contribution is 6.42. The van der Waals surface area contributed by atoms with Crippen molar-refractivity contribution in [3.63, 3.8) is 0 Å². The Bertz CT molecular complexity index is 576. The van der Waals surface area contributed by atoms with Gasteiger partial charge in [-0.3, -0.25) is 4.79 Å². The minimum Gasteiger partial charge on any atom is -0.480 e. The van der Waals surface area contributed by atoms with Gasteiger partial charge in [-0.1, -0.05) is 29.3 Å². The molecule has 6 heteroatoms. The molecule has 1 amide bonds. The van der Waals surface area contributed by atoms with Gasteiger partial charge < -0.3 is 10.0 Å². The van der Waals surface area contributed by atoms with Gasteiger partial charge in [-0.2, -0.15) is 0 Å². The van der Waals surface area contributed by atoms with Crippen LogP contribution in [0.5, 0.6) is 0 Å². The summed E-state index contributed by atoms with van der Waals surface area (Å²) < 4.78 is 0. The second kappa shape index (κ2) is 6.24. The molecule has 1 aromatic carbocycles. The average Bonchev–Trinajstić information content (AvgIpc) is 2.43. The first-order valence-electron chi connectivity index (χ1n) is 6.82. The first-order valence-corrected chi connectivity index (χ1v) is 7.58. The lowest BCUT2D eigenvalue weighted by Crippen LogP contribution is -2.57. The van der Waals surface area contributed by atoms with Crippen LogP contribution in [-0.4, -0.2) is 34.0 Å². The molecule has 1 N–H and O–H groups in total. The van der Waals surface area contributed by atoms with E-state index in [9.17, 15) is 14.7 Å². The predicted molar refractivity (Wildman–Crippen MR) is 81.8 cm³/mol. The Morgan fingerprint density at radius 2 is 2.00 bits per heavy atom. The summed E-state index contributed by atoms with van der Waals surface area (Å²) in [5, 5.41) is 10.3. The summed E-state index contributed by atoms with van der Waals surface area (Å²) in [7, 11) is 0. The zero-order valence-electron chi connectivity index (χ0n) is 11.7. The molecular weight excluding hydrogens is 313 g/mol. The zero-order chi connectivity index (χ0) is 15.6. The molecule has 1 aliphatic rings. The van der Waals surface area contributed by atoms with Crippen molar-refractivity contribution in [2.24, 2.45) is 0 Å². The lowest BCUT2D eigenvalue weighted by atomic mass is 9.88. The number of piperidine rings is 1. The van der Waals surface area contributed by atoms with E-state index >= 15 is 0 Å². The maximum Gasteiger partial charge on any atom is 0.329 e. The van der Waals surface area contributed by atoms with Crippen molar-refractivity contribution < 1.29 is 14.7 Å². The summed E-state index contributed by atoms with van der Waals surface area (Å²) in [6.45, 7) is 2.09. The molecule has 1 saturated heterocycles. The molecule has 0 radical (unpaired) electrons. The Balaban J connectivity index is 2.18. The number of carbonyl (C=O) groups is 2. The standard InChI is InChI=1S/C15H17Cl2NO3/c1-15(14(20)21)6-2-3-7-18(15)13(19)9-10-4-5-11(16)12(17)8-10/h4-5,8H,2-3,6-7,9H2,1H3,(H,20,21). The van der Waals surface area contributed by atoms with E-state index in [1.165, 1.54) is 4.90 Å². The minimum absolute atomic E-state index is 0.125. The normalized spacial score (nSPS) is 22.1. The highest BCUT2D eigenvalue weighted by Gasteiger charge is 2.43. The minimum atomic E-state index is -1.12. The summed E-state index contributed by atoms with van der Waals surface area (Å²) in [6, 6.07) is 5.01. The number of nitrogens with zero attached hydrogens (tertiary/aromatic N) is 1. The van der Waals surface area contributed by atoms with E-state index in [0.717, 1.165) is 18.4 Å². The lowest BCUT2D eigenvalue weighted by molar-refractivity contribution is -0.160. The number of rotatable bonds is 3. The van der Waals surface area contributed by atoms with Gasteiger partial charge in [-0.25, -0.2) is 4.79 Å². The molecular formula is C15H17Cl2NO3. The smallest absolute Gasteiger partial charge is 0.329 e. The largest absolute Gasteiger partial charge is 0.480 e. The SMILES string of the molecule is CC1(C(=O)O)CCCCN1C(=O)Cc1ccc(Cl)c(Cl)c1. The average molecular weight is 330 g/mol. The number of halogens is 2. The summed E-state index contributed by atoms with van der Waals surface area (Å²) in [5.41, 5.74) is -0.390. The number of benzene rings is 1. The second-order valence-electron chi connectivity index (χ2n) is 5.51. The van der Waals surface area contributed by atoms with Crippen molar-refractivity contribution in [1.29, 1.82) is 0 Å². The third-order valence-corrected chi connectivity index (χ3v) is 4.73. The van der Waals surface area contributed by atoms with Crippen LogP contribution in [0.25, 0.3) is 0 Å². The summed E-state index contributed by atoms with van der Waals surface area (Å²) >= 11 is 11.8. The summed E-state index contributed by atoms with van der Waals surface area (Å²) in [5.74, 6) is -1.15. The zero-order valence-corrected chi connectivity index (χ0v) is 13.2. The van der Waals surface area contributed by atoms with Crippen LogP contribution in [0, 0.1) is 0 Å². The fourth-order valence-corrected chi connectivity index (χ4v) is 2.98. The maximum absolute atomic E-state index is 12.5. The fourth-order valence-electron chi connectivity index (χ4n) is 2.66. The molecule has 4 nitrogen and oxygen atoms in total. The van der Waals surface area contributed by atoms with Crippen LogP contribution < -0.4 is 0 Å². The van der Waals surface area contributed by atoms with Gasteiger partial charge in [0.15, 0.2) is 0 Å². The number of aliphatic carboxylic acids is 1. The molecule has 1 aromatic rings. The Morgan fingerprint density at radius 1 is 1.29 bits per heavy atom. The number of hydrogen-bond acceptors (Lipinski definition) is 2. The number of hydrogen-bond donors (Lipinski definition) is 1. The third kappa shape index (κ3) is 3.33. The highest BCUT2D eigenvalue weighted by Crippen LogP contribution is 2.29. The van der Waals surface area contributed by atoms with Gasteiger partial charge in [-0.05, 0) is 43.9 Å². The molecule has 0 saturated carbocycles. The van der Waals surface area contributed by atoms with Gasteiger partial charge in [0.1, 0.15) is 5.54 Å². The van der Waals surface area contributed by atoms with Crippen molar-refractivity contribution in [3.05, 3.63) is 33.8 Å². The van der Waals surface area contributed by atoms with E-state index < -0.39 is 11.5 Å². The summed E-state index contributed by atoms with van der Waals surface area (Å²) in [4.78, 5) is 25.5. The van der Waals surface area contributed by atoms with Crippen LogP contribution in [0.3, 0.4) is 0 Å². The molecule has 1 heterocycles. The van der Waals surface area contributed by atoms with Crippen LogP contribution in [0.1, 0.15) is 31.7 Å². The monoisotopic (exact) mass is 329 g/mol. The molecule has 0 bridgehead atoms. The lowest BCUT2D eigenvalue weighted by Gasteiger charge is -2.41. The van der Waals surface area contributed by atoms with Crippen LogP contribution in [0.15, 0.2) is 18.2 Å². The molecule has 1 fully saturated rings. The topological polar surface area (TPSA) is 57.6 Å². The first-order chi connectivity index (χ1) is 9.84. The van der Waals surface area contributed by atoms with E-state index in [2.05, 4.69) is 0 Å². The Kier molecular flexibility index (Phi) is 4.79. The maximum atomic E-state index is 12.5. The van der Waals surface area contributed by atoms with Gasteiger partial charge in [0.05, 0.1) is 16.5 Å². The number of carbonyl (C=O) groups excluding carboxylic acids is 1. The molecule has 1 unspecified atom stereocenters. The van der Waals surface area contributed by atoms with Gasteiger partial charge in [-0.15, -0.1) is 0 Å². The van der Waals surface area contributed by atoms with Crippen LogP contribution >= 0.6 is 23.2 Å².